The Bertz CT molecular complexity index is 1100. The Morgan fingerprint density at radius 1 is 0.794 bits per heavy atom. The molecule has 0 radical (unpaired) electrons. The first-order valence-electron chi connectivity index (χ1n) is 11.2. The van der Waals surface area contributed by atoms with Crippen molar-refractivity contribution < 1.29 is 19.1 Å². The number of esters is 1. The summed E-state index contributed by atoms with van der Waals surface area (Å²) in [6.07, 6.45) is 0.293. The summed E-state index contributed by atoms with van der Waals surface area (Å²) in [6, 6.07) is 26.1. The molecule has 6 heteroatoms. The molecule has 0 aromatic heterocycles. The zero-order valence-corrected chi connectivity index (χ0v) is 19.7. The van der Waals surface area contributed by atoms with Gasteiger partial charge in [0.05, 0.1) is 18.6 Å². The lowest BCUT2D eigenvalue weighted by molar-refractivity contribution is -0.146. The Balaban J connectivity index is 1.87. The summed E-state index contributed by atoms with van der Waals surface area (Å²) in [5, 5.41) is 5.88. The van der Waals surface area contributed by atoms with Crippen LogP contribution in [0.15, 0.2) is 91.0 Å². The Hall–Kier alpha value is -3.93. The van der Waals surface area contributed by atoms with Gasteiger partial charge < -0.3 is 15.4 Å². The van der Waals surface area contributed by atoms with Crippen LogP contribution in [0.3, 0.4) is 0 Å². The Labute approximate surface area is 200 Å². The first kappa shape index (κ1) is 24.7. The first-order chi connectivity index (χ1) is 16.3. The van der Waals surface area contributed by atoms with Gasteiger partial charge in [0.1, 0.15) is 6.04 Å². The number of carbonyl (C=O) groups excluding carboxylic acids is 3. The van der Waals surface area contributed by atoms with Crippen molar-refractivity contribution >= 4 is 17.8 Å². The zero-order valence-electron chi connectivity index (χ0n) is 19.7. The van der Waals surface area contributed by atoms with Crippen molar-refractivity contribution in [1.82, 2.24) is 10.6 Å². The molecule has 0 saturated heterocycles. The molecule has 3 aromatic carbocycles. The van der Waals surface area contributed by atoms with Crippen molar-refractivity contribution in [2.75, 3.05) is 7.11 Å². The molecular weight excluding hydrogens is 428 g/mol. The van der Waals surface area contributed by atoms with Gasteiger partial charge in [-0.25, -0.2) is 4.79 Å². The highest BCUT2D eigenvalue weighted by molar-refractivity contribution is 5.95. The first-order valence-corrected chi connectivity index (χ1v) is 11.2. The molecule has 0 aliphatic carbocycles. The summed E-state index contributed by atoms with van der Waals surface area (Å²) in [4.78, 5) is 39.0. The molecule has 34 heavy (non-hydrogen) atoms. The number of nitrogens with one attached hydrogen (secondary N) is 2. The van der Waals surface area contributed by atoms with Gasteiger partial charge in [-0.1, -0.05) is 78.9 Å². The lowest BCUT2D eigenvalue weighted by Gasteiger charge is -2.35. The minimum absolute atomic E-state index is 0.288. The SMILES string of the molecule is COC(=O)[C@H](Cc1ccccc1)NC(=O)C(C)(C)[C@@H](NC(=O)c1ccccc1)c1ccccc1. The average Bonchev–Trinajstić information content (AvgIpc) is 2.87. The Morgan fingerprint density at radius 3 is 1.88 bits per heavy atom. The van der Waals surface area contributed by atoms with Crippen LogP contribution in [-0.4, -0.2) is 30.9 Å². The fourth-order valence-electron chi connectivity index (χ4n) is 3.79. The number of rotatable bonds is 9. The molecule has 0 heterocycles. The van der Waals surface area contributed by atoms with Crippen LogP contribution in [0.4, 0.5) is 0 Å². The lowest BCUT2D eigenvalue weighted by atomic mass is 9.79. The van der Waals surface area contributed by atoms with Crippen molar-refractivity contribution in [1.29, 1.82) is 0 Å². The number of hydrogen-bond acceptors (Lipinski definition) is 4. The molecule has 0 aliphatic rings. The van der Waals surface area contributed by atoms with Gasteiger partial charge in [-0.05, 0) is 37.1 Å². The van der Waals surface area contributed by atoms with Crippen LogP contribution < -0.4 is 10.6 Å². The number of carbonyl (C=O) groups is 3. The molecule has 0 unspecified atom stereocenters. The predicted octanol–water partition coefficient (Wildman–Crippen LogP) is 4.08. The van der Waals surface area contributed by atoms with Crippen molar-refractivity contribution in [3.63, 3.8) is 0 Å². The molecule has 6 nitrogen and oxygen atoms in total. The molecule has 0 aliphatic heterocycles. The largest absolute Gasteiger partial charge is 0.467 e. The van der Waals surface area contributed by atoms with E-state index in [1.54, 1.807) is 38.1 Å². The standard InChI is InChI=1S/C28H30N2O4/c1-28(2,27(33)29-23(26(32)34-3)19-20-13-7-4-8-14-20)24(21-15-9-5-10-16-21)30-25(31)22-17-11-6-12-18-22/h4-18,23-24H,19H2,1-3H3,(H,29,33)(H,30,31)/t23-,24-/m0/s1. The highest BCUT2D eigenvalue weighted by Gasteiger charge is 2.40. The normalized spacial score (nSPS) is 12.8. The van der Waals surface area contributed by atoms with Gasteiger partial charge in [0.2, 0.25) is 5.91 Å². The highest BCUT2D eigenvalue weighted by atomic mass is 16.5. The highest BCUT2D eigenvalue weighted by Crippen LogP contribution is 2.34. The van der Waals surface area contributed by atoms with Gasteiger partial charge >= 0.3 is 5.97 Å². The predicted molar refractivity (Wildman–Crippen MR) is 131 cm³/mol. The third-order valence-electron chi connectivity index (χ3n) is 5.82. The van der Waals surface area contributed by atoms with E-state index in [1.165, 1.54) is 7.11 Å². The third-order valence-corrected chi connectivity index (χ3v) is 5.82. The van der Waals surface area contributed by atoms with Crippen molar-refractivity contribution in [3.05, 3.63) is 108 Å². The molecule has 0 bridgehead atoms. The van der Waals surface area contributed by atoms with E-state index in [-0.39, 0.29) is 11.8 Å². The van der Waals surface area contributed by atoms with E-state index in [1.807, 2.05) is 66.7 Å². The molecule has 2 N–H and O–H groups in total. The number of amides is 2. The van der Waals surface area contributed by atoms with Gasteiger partial charge in [-0.15, -0.1) is 0 Å². The second kappa shape index (κ2) is 11.3. The van der Waals surface area contributed by atoms with Crippen LogP contribution in [0.2, 0.25) is 0 Å². The van der Waals surface area contributed by atoms with Crippen molar-refractivity contribution in [2.24, 2.45) is 5.41 Å². The fourth-order valence-corrected chi connectivity index (χ4v) is 3.79. The number of hydrogen-bond donors (Lipinski definition) is 2. The van der Waals surface area contributed by atoms with E-state index < -0.39 is 23.5 Å². The summed E-state index contributed by atoms with van der Waals surface area (Å²) < 4.78 is 4.94. The Morgan fingerprint density at radius 2 is 1.32 bits per heavy atom. The smallest absolute Gasteiger partial charge is 0.328 e. The van der Waals surface area contributed by atoms with Crippen LogP contribution in [-0.2, 0) is 20.7 Å². The summed E-state index contributed by atoms with van der Waals surface area (Å²) in [6.45, 7) is 3.50. The van der Waals surface area contributed by atoms with Gasteiger partial charge in [0.25, 0.3) is 5.91 Å². The van der Waals surface area contributed by atoms with E-state index >= 15 is 0 Å². The molecule has 3 aromatic rings. The van der Waals surface area contributed by atoms with Gasteiger partial charge in [0, 0.05) is 12.0 Å². The van der Waals surface area contributed by atoms with Crippen LogP contribution >= 0.6 is 0 Å². The second-order valence-corrected chi connectivity index (χ2v) is 8.64. The number of methoxy groups -OCH3 is 1. The number of ether oxygens (including phenoxy) is 1. The molecule has 2 amide bonds. The lowest BCUT2D eigenvalue weighted by Crippen LogP contribution is -2.52. The summed E-state index contributed by atoms with van der Waals surface area (Å²) in [5.74, 6) is -1.19. The fraction of sp³-hybridized carbons (Fsp3) is 0.250. The average molecular weight is 459 g/mol. The maximum Gasteiger partial charge on any atom is 0.328 e. The summed E-state index contributed by atoms with van der Waals surface area (Å²) >= 11 is 0. The van der Waals surface area contributed by atoms with Crippen LogP contribution in [0, 0.1) is 5.41 Å². The molecule has 0 saturated carbocycles. The third kappa shape index (κ3) is 6.10. The molecule has 176 valence electrons. The minimum atomic E-state index is -1.09. The van der Waals surface area contributed by atoms with Crippen molar-refractivity contribution in [2.45, 2.75) is 32.4 Å². The van der Waals surface area contributed by atoms with E-state index in [4.69, 9.17) is 4.74 Å². The second-order valence-electron chi connectivity index (χ2n) is 8.64. The molecule has 0 fully saturated rings. The maximum atomic E-state index is 13.5. The topological polar surface area (TPSA) is 84.5 Å². The quantitative estimate of drug-likeness (QED) is 0.473. The van der Waals surface area contributed by atoms with E-state index in [0.29, 0.717) is 12.0 Å². The maximum absolute atomic E-state index is 13.5. The minimum Gasteiger partial charge on any atom is -0.467 e. The molecular formula is C28H30N2O4. The molecule has 3 rings (SSSR count). The van der Waals surface area contributed by atoms with Gasteiger partial charge in [0.15, 0.2) is 0 Å². The van der Waals surface area contributed by atoms with Crippen molar-refractivity contribution in [3.8, 4) is 0 Å². The van der Waals surface area contributed by atoms with Crippen LogP contribution in [0.1, 0.15) is 41.4 Å². The zero-order chi connectivity index (χ0) is 24.6. The summed E-state index contributed by atoms with van der Waals surface area (Å²) in [7, 11) is 1.30. The van der Waals surface area contributed by atoms with Gasteiger partial charge in [-0.3, -0.25) is 9.59 Å². The van der Waals surface area contributed by atoms with Crippen LogP contribution in [0.25, 0.3) is 0 Å². The molecule has 2 atom stereocenters. The number of benzene rings is 3. The van der Waals surface area contributed by atoms with E-state index in [0.717, 1.165) is 11.1 Å². The summed E-state index contributed by atoms with van der Waals surface area (Å²) in [5.41, 5.74) is 1.09. The Kier molecular flexibility index (Phi) is 8.19. The molecule has 0 spiro atoms. The van der Waals surface area contributed by atoms with Gasteiger partial charge in [-0.2, -0.15) is 0 Å². The van der Waals surface area contributed by atoms with Crippen LogP contribution in [0.5, 0.6) is 0 Å². The van der Waals surface area contributed by atoms with E-state index in [2.05, 4.69) is 10.6 Å². The monoisotopic (exact) mass is 458 g/mol. The van der Waals surface area contributed by atoms with E-state index in [9.17, 15) is 14.4 Å².